The normalized spacial score (nSPS) is 10.5. The standard InChI is InChI=1S/C17H21N3O3S/c1-12-4-6-14(7-5-12)9-20(3)17(22)11-24-10-16(21)18-15-8-13(2)23-19-15/h4-8H,9-11H2,1-3H3,(H,18,19,21). The fraction of sp³-hybridized carbons (Fsp3) is 0.353. The highest BCUT2D eigenvalue weighted by molar-refractivity contribution is 8.00. The molecule has 1 aromatic heterocycles. The number of aryl methyl sites for hydroxylation is 2. The minimum absolute atomic E-state index is 0.00865. The molecular formula is C17H21N3O3S. The van der Waals surface area contributed by atoms with Gasteiger partial charge in [0.1, 0.15) is 5.76 Å². The maximum absolute atomic E-state index is 12.1. The van der Waals surface area contributed by atoms with Gasteiger partial charge in [0, 0.05) is 19.7 Å². The summed E-state index contributed by atoms with van der Waals surface area (Å²) in [4.78, 5) is 25.5. The minimum atomic E-state index is -0.206. The maximum atomic E-state index is 12.1. The van der Waals surface area contributed by atoms with Gasteiger partial charge in [-0.15, -0.1) is 11.8 Å². The van der Waals surface area contributed by atoms with Gasteiger partial charge in [-0.25, -0.2) is 0 Å². The molecule has 0 saturated carbocycles. The fourth-order valence-electron chi connectivity index (χ4n) is 2.00. The zero-order valence-electron chi connectivity index (χ0n) is 14.0. The molecule has 6 nitrogen and oxygen atoms in total. The number of thioether (sulfide) groups is 1. The third-order valence-corrected chi connectivity index (χ3v) is 4.24. The zero-order chi connectivity index (χ0) is 17.5. The van der Waals surface area contributed by atoms with Crippen LogP contribution in [0.15, 0.2) is 34.9 Å². The van der Waals surface area contributed by atoms with Crippen molar-refractivity contribution in [2.24, 2.45) is 0 Å². The molecule has 1 heterocycles. The molecule has 0 aliphatic heterocycles. The van der Waals surface area contributed by atoms with Gasteiger partial charge in [0.25, 0.3) is 0 Å². The lowest BCUT2D eigenvalue weighted by atomic mass is 10.1. The van der Waals surface area contributed by atoms with E-state index in [1.165, 1.54) is 17.3 Å². The summed E-state index contributed by atoms with van der Waals surface area (Å²) in [5.41, 5.74) is 2.28. The predicted molar refractivity (Wildman–Crippen MR) is 94.8 cm³/mol. The predicted octanol–water partition coefficient (Wildman–Crippen LogP) is 2.62. The van der Waals surface area contributed by atoms with E-state index in [4.69, 9.17) is 4.52 Å². The van der Waals surface area contributed by atoms with E-state index in [1.54, 1.807) is 24.9 Å². The first-order valence-corrected chi connectivity index (χ1v) is 8.70. The van der Waals surface area contributed by atoms with E-state index in [-0.39, 0.29) is 23.3 Å². The molecule has 0 fully saturated rings. The second-order valence-electron chi connectivity index (χ2n) is 5.60. The molecule has 0 unspecified atom stereocenters. The van der Waals surface area contributed by atoms with Gasteiger partial charge >= 0.3 is 0 Å². The van der Waals surface area contributed by atoms with Crippen molar-refractivity contribution in [1.82, 2.24) is 10.1 Å². The average molecular weight is 347 g/mol. The van der Waals surface area contributed by atoms with Crippen LogP contribution >= 0.6 is 11.8 Å². The largest absolute Gasteiger partial charge is 0.360 e. The van der Waals surface area contributed by atoms with Gasteiger partial charge in [-0.3, -0.25) is 9.59 Å². The number of carbonyl (C=O) groups is 2. The molecule has 2 amide bonds. The van der Waals surface area contributed by atoms with Crippen LogP contribution in [0.3, 0.4) is 0 Å². The molecule has 0 spiro atoms. The van der Waals surface area contributed by atoms with Gasteiger partial charge in [0.05, 0.1) is 11.5 Å². The second-order valence-corrected chi connectivity index (χ2v) is 6.58. The number of amides is 2. The highest BCUT2D eigenvalue weighted by Crippen LogP contribution is 2.10. The summed E-state index contributed by atoms with van der Waals surface area (Å²) in [6.45, 7) is 4.34. The lowest BCUT2D eigenvalue weighted by Gasteiger charge is -2.17. The van der Waals surface area contributed by atoms with Crippen molar-refractivity contribution in [3.05, 3.63) is 47.2 Å². The van der Waals surface area contributed by atoms with Gasteiger partial charge in [-0.2, -0.15) is 0 Å². The van der Waals surface area contributed by atoms with Gasteiger partial charge in [0.2, 0.25) is 11.8 Å². The van der Waals surface area contributed by atoms with Gasteiger partial charge in [0.15, 0.2) is 5.82 Å². The van der Waals surface area contributed by atoms with Gasteiger partial charge in [-0.1, -0.05) is 35.0 Å². The van der Waals surface area contributed by atoms with Crippen LogP contribution in [-0.2, 0) is 16.1 Å². The summed E-state index contributed by atoms with van der Waals surface area (Å²) >= 11 is 1.28. The highest BCUT2D eigenvalue weighted by atomic mass is 32.2. The minimum Gasteiger partial charge on any atom is -0.360 e. The van der Waals surface area contributed by atoms with Crippen LogP contribution < -0.4 is 5.32 Å². The molecule has 0 atom stereocenters. The zero-order valence-corrected chi connectivity index (χ0v) is 14.9. The Morgan fingerprint density at radius 1 is 1.21 bits per heavy atom. The Hall–Kier alpha value is -2.28. The SMILES string of the molecule is Cc1ccc(CN(C)C(=O)CSCC(=O)Nc2cc(C)on2)cc1. The molecule has 2 rings (SSSR count). The van der Waals surface area contributed by atoms with E-state index in [0.717, 1.165) is 5.56 Å². The first kappa shape index (κ1) is 18.1. The molecule has 7 heteroatoms. The van der Waals surface area contributed by atoms with Crippen LogP contribution in [0.2, 0.25) is 0 Å². The Morgan fingerprint density at radius 3 is 2.54 bits per heavy atom. The number of nitrogens with one attached hydrogen (secondary N) is 1. The van der Waals surface area contributed by atoms with E-state index in [0.29, 0.717) is 18.1 Å². The summed E-state index contributed by atoms with van der Waals surface area (Å²) in [5.74, 6) is 1.25. The Kier molecular flexibility index (Phi) is 6.43. The number of rotatable bonds is 7. The van der Waals surface area contributed by atoms with Crippen LogP contribution in [0.4, 0.5) is 5.82 Å². The molecule has 24 heavy (non-hydrogen) atoms. The first-order chi connectivity index (χ1) is 11.4. The lowest BCUT2D eigenvalue weighted by Crippen LogP contribution is -2.28. The Bertz CT molecular complexity index is 697. The van der Waals surface area contributed by atoms with Crippen LogP contribution in [-0.4, -0.2) is 40.4 Å². The molecule has 0 aliphatic rings. The molecule has 0 aliphatic carbocycles. The summed E-state index contributed by atoms with van der Waals surface area (Å²) in [6.07, 6.45) is 0. The summed E-state index contributed by atoms with van der Waals surface area (Å²) in [5, 5.41) is 6.31. The second kappa shape index (κ2) is 8.54. The first-order valence-electron chi connectivity index (χ1n) is 7.54. The van der Waals surface area contributed by atoms with E-state index in [2.05, 4.69) is 10.5 Å². The van der Waals surface area contributed by atoms with E-state index in [9.17, 15) is 9.59 Å². The lowest BCUT2D eigenvalue weighted by molar-refractivity contribution is -0.127. The van der Waals surface area contributed by atoms with E-state index in [1.807, 2.05) is 31.2 Å². The van der Waals surface area contributed by atoms with Crippen LogP contribution in [0, 0.1) is 13.8 Å². The number of anilines is 1. The van der Waals surface area contributed by atoms with Crippen molar-refractivity contribution >= 4 is 29.4 Å². The van der Waals surface area contributed by atoms with E-state index < -0.39 is 0 Å². The Balaban J connectivity index is 1.70. The highest BCUT2D eigenvalue weighted by Gasteiger charge is 2.12. The summed E-state index contributed by atoms with van der Waals surface area (Å²) in [6, 6.07) is 9.72. The third-order valence-electron chi connectivity index (χ3n) is 3.32. The van der Waals surface area contributed by atoms with Gasteiger partial charge < -0.3 is 14.7 Å². The van der Waals surface area contributed by atoms with Crippen molar-refractivity contribution < 1.29 is 14.1 Å². The molecule has 2 aromatic rings. The average Bonchev–Trinajstić information content (AvgIpc) is 2.94. The molecular weight excluding hydrogens is 326 g/mol. The van der Waals surface area contributed by atoms with Crippen molar-refractivity contribution in [2.45, 2.75) is 20.4 Å². The number of hydrogen-bond donors (Lipinski definition) is 1. The van der Waals surface area contributed by atoms with Crippen molar-refractivity contribution in [1.29, 1.82) is 0 Å². The molecule has 128 valence electrons. The number of aromatic nitrogens is 1. The third kappa shape index (κ3) is 5.73. The topological polar surface area (TPSA) is 75.4 Å². The quantitative estimate of drug-likeness (QED) is 0.833. The molecule has 0 bridgehead atoms. The van der Waals surface area contributed by atoms with Crippen molar-refractivity contribution in [3.8, 4) is 0 Å². The van der Waals surface area contributed by atoms with E-state index >= 15 is 0 Å². The maximum Gasteiger partial charge on any atom is 0.235 e. The smallest absolute Gasteiger partial charge is 0.235 e. The van der Waals surface area contributed by atoms with Crippen LogP contribution in [0.5, 0.6) is 0 Å². The molecule has 0 saturated heterocycles. The van der Waals surface area contributed by atoms with Crippen LogP contribution in [0.25, 0.3) is 0 Å². The Labute approximate surface area is 145 Å². The van der Waals surface area contributed by atoms with Gasteiger partial charge in [-0.05, 0) is 19.4 Å². The van der Waals surface area contributed by atoms with Crippen molar-refractivity contribution in [3.63, 3.8) is 0 Å². The number of nitrogens with zero attached hydrogens (tertiary/aromatic N) is 2. The number of benzene rings is 1. The molecule has 1 aromatic carbocycles. The fourth-order valence-corrected chi connectivity index (χ4v) is 2.76. The van der Waals surface area contributed by atoms with Crippen LogP contribution in [0.1, 0.15) is 16.9 Å². The molecule has 1 N–H and O–H groups in total. The number of hydrogen-bond acceptors (Lipinski definition) is 5. The molecule has 0 radical (unpaired) electrons. The monoisotopic (exact) mass is 347 g/mol. The number of carbonyl (C=O) groups excluding carboxylic acids is 2. The summed E-state index contributed by atoms with van der Waals surface area (Å²) < 4.78 is 4.87. The summed E-state index contributed by atoms with van der Waals surface area (Å²) in [7, 11) is 1.76. The van der Waals surface area contributed by atoms with Crippen molar-refractivity contribution in [2.75, 3.05) is 23.9 Å². The Morgan fingerprint density at radius 2 is 1.92 bits per heavy atom.